The Morgan fingerprint density at radius 1 is 1.06 bits per heavy atom. The van der Waals surface area contributed by atoms with E-state index in [1.807, 2.05) is 24.3 Å². The molecule has 0 spiro atoms. The van der Waals surface area contributed by atoms with E-state index in [0.29, 0.717) is 5.65 Å². The fourth-order valence-electron chi connectivity index (χ4n) is 1.80. The minimum atomic E-state index is 0.710. The summed E-state index contributed by atoms with van der Waals surface area (Å²) in [5.74, 6) is 0.966. The number of aromatic nitrogens is 4. The molecular weight excluding hydrogens is 200 g/mol. The van der Waals surface area contributed by atoms with E-state index in [2.05, 4.69) is 26.9 Å². The maximum absolute atomic E-state index is 4.50. The summed E-state index contributed by atoms with van der Waals surface area (Å²) in [6.07, 6.45) is 2.01. The van der Waals surface area contributed by atoms with Gasteiger partial charge in [-0.2, -0.15) is 0 Å². The van der Waals surface area contributed by atoms with Gasteiger partial charge in [-0.05, 0) is 18.6 Å². The molecule has 0 amide bonds. The second-order valence-electron chi connectivity index (χ2n) is 3.82. The summed E-state index contributed by atoms with van der Waals surface area (Å²) in [4.78, 5) is 16.6. The first-order chi connectivity index (χ1) is 7.86. The molecule has 0 fully saturated rings. The first kappa shape index (κ1) is 9.27. The maximum Gasteiger partial charge on any atom is 0.198 e. The van der Waals surface area contributed by atoms with Gasteiger partial charge in [-0.1, -0.05) is 19.1 Å². The zero-order valence-electron chi connectivity index (χ0n) is 9.07. The first-order valence-corrected chi connectivity index (χ1v) is 5.48. The summed E-state index contributed by atoms with van der Waals surface area (Å²) in [6, 6.07) is 7.84. The lowest BCUT2D eigenvalue weighted by Crippen LogP contribution is -1.85. The Kier molecular flexibility index (Phi) is 2.06. The molecule has 1 aromatic carbocycles. The van der Waals surface area contributed by atoms with Gasteiger partial charge in [0.25, 0.3) is 0 Å². The fourth-order valence-corrected chi connectivity index (χ4v) is 1.80. The number of rotatable bonds is 2. The topological polar surface area (TPSA) is 54.5 Å². The monoisotopic (exact) mass is 212 g/mol. The summed E-state index contributed by atoms with van der Waals surface area (Å²) < 4.78 is 0. The van der Waals surface area contributed by atoms with E-state index < -0.39 is 0 Å². The van der Waals surface area contributed by atoms with Crippen LogP contribution in [0.15, 0.2) is 24.3 Å². The molecule has 4 nitrogen and oxygen atoms in total. The van der Waals surface area contributed by atoms with Crippen LogP contribution < -0.4 is 0 Å². The van der Waals surface area contributed by atoms with Crippen molar-refractivity contribution in [3.8, 4) is 0 Å². The van der Waals surface area contributed by atoms with Crippen molar-refractivity contribution in [2.45, 2.75) is 19.8 Å². The van der Waals surface area contributed by atoms with Gasteiger partial charge < -0.3 is 4.98 Å². The summed E-state index contributed by atoms with van der Waals surface area (Å²) in [5.41, 5.74) is 3.29. The van der Waals surface area contributed by atoms with Crippen molar-refractivity contribution in [1.82, 2.24) is 19.9 Å². The lowest BCUT2D eigenvalue weighted by atomic mass is 10.3. The highest BCUT2D eigenvalue weighted by Crippen LogP contribution is 2.14. The van der Waals surface area contributed by atoms with E-state index in [1.165, 1.54) is 0 Å². The van der Waals surface area contributed by atoms with Crippen molar-refractivity contribution < 1.29 is 0 Å². The molecule has 4 heteroatoms. The van der Waals surface area contributed by atoms with Gasteiger partial charge in [0.15, 0.2) is 11.3 Å². The molecule has 2 aromatic heterocycles. The van der Waals surface area contributed by atoms with Gasteiger partial charge in [-0.25, -0.2) is 15.0 Å². The summed E-state index contributed by atoms with van der Waals surface area (Å²) in [6.45, 7) is 2.13. The van der Waals surface area contributed by atoms with Crippen LogP contribution in [-0.2, 0) is 6.42 Å². The van der Waals surface area contributed by atoms with Gasteiger partial charge in [-0.3, -0.25) is 0 Å². The molecule has 0 aliphatic carbocycles. The van der Waals surface area contributed by atoms with Crippen LogP contribution in [0.25, 0.3) is 22.3 Å². The van der Waals surface area contributed by atoms with Crippen molar-refractivity contribution in [1.29, 1.82) is 0 Å². The Morgan fingerprint density at radius 2 is 1.81 bits per heavy atom. The van der Waals surface area contributed by atoms with Crippen molar-refractivity contribution in [3.05, 3.63) is 30.1 Å². The van der Waals surface area contributed by atoms with Crippen molar-refractivity contribution >= 4 is 22.3 Å². The van der Waals surface area contributed by atoms with Crippen LogP contribution in [0, 0.1) is 0 Å². The van der Waals surface area contributed by atoms with Gasteiger partial charge in [0, 0.05) is 6.42 Å². The van der Waals surface area contributed by atoms with E-state index in [4.69, 9.17) is 0 Å². The average Bonchev–Trinajstić information content (AvgIpc) is 2.67. The van der Waals surface area contributed by atoms with E-state index >= 15 is 0 Å². The maximum atomic E-state index is 4.50. The van der Waals surface area contributed by atoms with Crippen LogP contribution in [-0.4, -0.2) is 19.9 Å². The van der Waals surface area contributed by atoms with E-state index in [9.17, 15) is 0 Å². The summed E-state index contributed by atoms with van der Waals surface area (Å²) in [5, 5.41) is 0. The molecule has 1 N–H and O–H groups in total. The van der Waals surface area contributed by atoms with E-state index in [1.54, 1.807) is 0 Å². The molecule has 0 radical (unpaired) electrons. The molecule has 0 saturated heterocycles. The summed E-state index contributed by atoms with van der Waals surface area (Å²) in [7, 11) is 0. The molecule has 0 atom stereocenters. The van der Waals surface area contributed by atoms with Crippen molar-refractivity contribution in [2.75, 3.05) is 0 Å². The van der Waals surface area contributed by atoms with Gasteiger partial charge in [0.2, 0.25) is 0 Å². The normalized spacial score (nSPS) is 11.3. The third kappa shape index (κ3) is 1.43. The Hall–Kier alpha value is -1.97. The second kappa shape index (κ2) is 3.56. The highest BCUT2D eigenvalue weighted by molar-refractivity contribution is 5.82. The van der Waals surface area contributed by atoms with Crippen LogP contribution in [0.5, 0.6) is 0 Å². The van der Waals surface area contributed by atoms with E-state index in [-0.39, 0.29) is 0 Å². The number of hydrogen-bond donors (Lipinski definition) is 1. The minimum Gasteiger partial charge on any atom is -0.325 e. The first-order valence-electron chi connectivity index (χ1n) is 5.48. The Balaban J connectivity index is 2.25. The number of nitrogens with one attached hydrogen (secondary N) is 1. The van der Waals surface area contributed by atoms with Crippen molar-refractivity contribution in [3.63, 3.8) is 0 Å². The van der Waals surface area contributed by atoms with Crippen molar-refractivity contribution in [2.24, 2.45) is 0 Å². The third-order valence-electron chi connectivity index (χ3n) is 2.54. The molecule has 2 heterocycles. The highest BCUT2D eigenvalue weighted by Gasteiger charge is 2.06. The smallest absolute Gasteiger partial charge is 0.198 e. The van der Waals surface area contributed by atoms with Gasteiger partial charge in [-0.15, -0.1) is 0 Å². The molecular formula is C12H12N4. The number of imidazole rings is 1. The standard InChI is InChI=1S/C12H12N4/c1-2-5-10-15-11-12(16-10)14-9-7-4-3-6-8(9)13-11/h3-4,6-7H,2,5H2,1H3,(H,13,14,15,16). The van der Waals surface area contributed by atoms with E-state index in [0.717, 1.165) is 35.3 Å². The second-order valence-corrected chi connectivity index (χ2v) is 3.82. The fraction of sp³-hybridized carbons (Fsp3) is 0.250. The Labute approximate surface area is 92.8 Å². The highest BCUT2D eigenvalue weighted by atomic mass is 15.0. The number of hydrogen-bond acceptors (Lipinski definition) is 3. The SMILES string of the molecule is CCCc1nc2nc3ccccc3nc2[nH]1. The number of fused-ring (bicyclic) bond motifs is 2. The van der Waals surface area contributed by atoms with Crippen LogP contribution in [0.2, 0.25) is 0 Å². The molecule has 16 heavy (non-hydrogen) atoms. The number of nitrogens with zero attached hydrogens (tertiary/aromatic N) is 3. The summed E-state index contributed by atoms with van der Waals surface area (Å²) >= 11 is 0. The van der Waals surface area contributed by atoms with Gasteiger partial charge in [0.1, 0.15) is 5.82 Å². The quantitative estimate of drug-likeness (QED) is 0.709. The number of aromatic amines is 1. The molecule has 0 saturated carbocycles. The number of aryl methyl sites for hydroxylation is 1. The van der Waals surface area contributed by atoms with Crippen LogP contribution in [0.4, 0.5) is 0 Å². The predicted octanol–water partition coefficient (Wildman–Crippen LogP) is 2.46. The van der Waals surface area contributed by atoms with Crippen LogP contribution >= 0.6 is 0 Å². The number of H-pyrrole nitrogens is 1. The number of benzene rings is 1. The predicted molar refractivity (Wildman–Crippen MR) is 63.2 cm³/mol. The van der Waals surface area contributed by atoms with Crippen LogP contribution in [0.1, 0.15) is 19.2 Å². The van der Waals surface area contributed by atoms with Gasteiger partial charge in [0.05, 0.1) is 11.0 Å². The van der Waals surface area contributed by atoms with Crippen LogP contribution in [0.3, 0.4) is 0 Å². The molecule has 3 aromatic rings. The zero-order chi connectivity index (χ0) is 11.0. The lowest BCUT2D eigenvalue weighted by molar-refractivity contribution is 0.860. The molecule has 3 rings (SSSR count). The number of para-hydroxylation sites is 2. The van der Waals surface area contributed by atoms with Gasteiger partial charge >= 0.3 is 0 Å². The molecule has 0 aliphatic heterocycles. The third-order valence-corrected chi connectivity index (χ3v) is 2.54. The Bertz CT molecular complexity index is 589. The molecule has 80 valence electrons. The molecule has 0 bridgehead atoms. The minimum absolute atomic E-state index is 0.710. The molecule has 0 unspecified atom stereocenters. The average molecular weight is 212 g/mol. The molecule has 0 aliphatic rings. The largest absolute Gasteiger partial charge is 0.325 e. The zero-order valence-corrected chi connectivity index (χ0v) is 9.07. The Morgan fingerprint density at radius 3 is 2.56 bits per heavy atom. The lowest BCUT2D eigenvalue weighted by Gasteiger charge is -1.93.